The van der Waals surface area contributed by atoms with Gasteiger partial charge in [0, 0.05) is 24.7 Å². The second-order valence-corrected chi connectivity index (χ2v) is 6.77. The van der Waals surface area contributed by atoms with Gasteiger partial charge >= 0.3 is 0 Å². The first-order valence-corrected chi connectivity index (χ1v) is 8.54. The molecule has 124 valence electrons. The summed E-state index contributed by atoms with van der Waals surface area (Å²) < 4.78 is 2.14. The highest BCUT2D eigenvalue weighted by Crippen LogP contribution is 2.25. The number of anilines is 1. The molecule has 1 heterocycles. The van der Waals surface area contributed by atoms with Crippen molar-refractivity contribution >= 4 is 22.6 Å². The first kappa shape index (κ1) is 16.0. The topological polar surface area (TPSA) is 50.2 Å². The van der Waals surface area contributed by atoms with Crippen LogP contribution in [0.4, 0.5) is 5.69 Å². The third-order valence-corrected chi connectivity index (χ3v) is 4.65. The number of hydrogen-bond donors (Lipinski definition) is 1. The Morgan fingerprint density at radius 3 is 2.83 bits per heavy atom. The molecule has 3 rings (SSSR count). The molecule has 1 amide bonds. The number of fused-ring (bicyclic) bond motifs is 1. The predicted molar refractivity (Wildman–Crippen MR) is 93.5 cm³/mol. The Bertz CT molecular complexity index is 671. The summed E-state index contributed by atoms with van der Waals surface area (Å²) in [5.41, 5.74) is 2.92. The fourth-order valence-corrected chi connectivity index (χ4v) is 3.23. The zero-order chi connectivity index (χ0) is 16.2. The lowest BCUT2D eigenvalue weighted by Crippen LogP contribution is -2.24. The van der Waals surface area contributed by atoms with Crippen molar-refractivity contribution in [2.75, 3.05) is 26.0 Å². The van der Waals surface area contributed by atoms with E-state index in [0.29, 0.717) is 0 Å². The van der Waals surface area contributed by atoms with E-state index in [0.717, 1.165) is 42.7 Å². The van der Waals surface area contributed by atoms with Crippen LogP contribution in [0.5, 0.6) is 0 Å². The van der Waals surface area contributed by atoms with E-state index >= 15 is 0 Å². The van der Waals surface area contributed by atoms with Gasteiger partial charge < -0.3 is 14.8 Å². The molecule has 2 aromatic rings. The van der Waals surface area contributed by atoms with E-state index in [1.165, 1.54) is 19.3 Å². The lowest BCUT2D eigenvalue weighted by Gasteiger charge is -2.20. The summed E-state index contributed by atoms with van der Waals surface area (Å²) in [6, 6.07) is 5.98. The van der Waals surface area contributed by atoms with Crippen LogP contribution in [0.3, 0.4) is 0 Å². The SMILES string of the molecule is CN(C)CCn1cnc2ccc(NC(=O)C3CCCCC3)cc21. The maximum Gasteiger partial charge on any atom is 0.227 e. The number of likely N-dealkylation sites (N-methyl/N-ethyl adjacent to an activating group) is 1. The maximum atomic E-state index is 12.4. The second kappa shape index (κ2) is 7.13. The van der Waals surface area contributed by atoms with Crippen LogP contribution in [-0.4, -0.2) is 41.0 Å². The number of nitrogens with zero attached hydrogens (tertiary/aromatic N) is 3. The Morgan fingerprint density at radius 1 is 1.30 bits per heavy atom. The van der Waals surface area contributed by atoms with Gasteiger partial charge in [-0.05, 0) is 45.1 Å². The van der Waals surface area contributed by atoms with Crippen LogP contribution in [0.15, 0.2) is 24.5 Å². The molecule has 0 saturated heterocycles. The molecule has 1 saturated carbocycles. The van der Waals surface area contributed by atoms with Gasteiger partial charge in [0.15, 0.2) is 0 Å². The van der Waals surface area contributed by atoms with Gasteiger partial charge in [-0.3, -0.25) is 4.79 Å². The highest BCUT2D eigenvalue weighted by atomic mass is 16.1. The summed E-state index contributed by atoms with van der Waals surface area (Å²) >= 11 is 0. The fraction of sp³-hybridized carbons (Fsp3) is 0.556. The Hall–Kier alpha value is -1.88. The highest BCUT2D eigenvalue weighted by Gasteiger charge is 2.21. The summed E-state index contributed by atoms with van der Waals surface area (Å²) in [4.78, 5) is 19.0. The van der Waals surface area contributed by atoms with E-state index < -0.39 is 0 Å². The van der Waals surface area contributed by atoms with E-state index in [4.69, 9.17) is 0 Å². The number of carbonyl (C=O) groups excluding carboxylic acids is 1. The Kier molecular flexibility index (Phi) is 4.96. The van der Waals surface area contributed by atoms with E-state index in [1.807, 2.05) is 24.5 Å². The van der Waals surface area contributed by atoms with Crippen LogP contribution in [0.25, 0.3) is 11.0 Å². The molecule has 5 nitrogen and oxygen atoms in total. The first-order valence-electron chi connectivity index (χ1n) is 8.54. The second-order valence-electron chi connectivity index (χ2n) is 6.77. The number of imidazole rings is 1. The van der Waals surface area contributed by atoms with Gasteiger partial charge in [-0.25, -0.2) is 4.98 Å². The zero-order valence-electron chi connectivity index (χ0n) is 14.1. The van der Waals surface area contributed by atoms with Crippen molar-refractivity contribution in [3.63, 3.8) is 0 Å². The number of carbonyl (C=O) groups is 1. The minimum absolute atomic E-state index is 0.170. The molecule has 1 N–H and O–H groups in total. The number of amides is 1. The van der Waals surface area contributed by atoms with Crippen LogP contribution in [0.1, 0.15) is 32.1 Å². The molecule has 0 unspecified atom stereocenters. The smallest absolute Gasteiger partial charge is 0.227 e. The summed E-state index contributed by atoms with van der Waals surface area (Å²) in [7, 11) is 4.13. The van der Waals surface area contributed by atoms with Crippen molar-refractivity contribution in [3.05, 3.63) is 24.5 Å². The van der Waals surface area contributed by atoms with Crippen LogP contribution < -0.4 is 5.32 Å². The van der Waals surface area contributed by atoms with Crippen molar-refractivity contribution in [2.45, 2.75) is 38.6 Å². The van der Waals surface area contributed by atoms with Gasteiger partial charge in [-0.2, -0.15) is 0 Å². The van der Waals surface area contributed by atoms with E-state index in [-0.39, 0.29) is 11.8 Å². The van der Waals surface area contributed by atoms with Crippen LogP contribution >= 0.6 is 0 Å². The quantitative estimate of drug-likeness (QED) is 0.922. The average molecular weight is 314 g/mol. The van der Waals surface area contributed by atoms with Crippen molar-refractivity contribution in [3.8, 4) is 0 Å². The van der Waals surface area contributed by atoms with E-state index in [2.05, 4.69) is 33.9 Å². The number of benzene rings is 1. The van der Waals surface area contributed by atoms with Gasteiger partial charge in [0.05, 0.1) is 17.4 Å². The van der Waals surface area contributed by atoms with Gasteiger partial charge in [-0.15, -0.1) is 0 Å². The third-order valence-electron chi connectivity index (χ3n) is 4.65. The van der Waals surface area contributed by atoms with Crippen molar-refractivity contribution in [2.24, 2.45) is 5.92 Å². The molecule has 1 aromatic heterocycles. The minimum atomic E-state index is 0.170. The Labute approximate surface area is 137 Å². The Balaban J connectivity index is 1.73. The fourth-order valence-electron chi connectivity index (χ4n) is 3.23. The molecule has 0 atom stereocenters. The maximum absolute atomic E-state index is 12.4. The van der Waals surface area contributed by atoms with Crippen molar-refractivity contribution in [1.82, 2.24) is 14.5 Å². The molecule has 0 aliphatic heterocycles. The van der Waals surface area contributed by atoms with Crippen LogP contribution in [-0.2, 0) is 11.3 Å². The van der Waals surface area contributed by atoms with Gasteiger partial charge in [0.1, 0.15) is 0 Å². The third kappa shape index (κ3) is 3.91. The van der Waals surface area contributed by atoms with Gasteiger partial charge in [-0.1, -0.05) is 19.3 Å². The Morgan fingerprint density at radius 2 is 2.09 bits per heavy atom. The lowest BCUT2D eigenvalue weighted by atomic mass is 9.88. The molecular formula is C18H26N4O. The molecule has 1 fully saturated rings. The van der Waals surface area contributed by atoms with Gasteiger partial charge in [0.2, 0.25) is 5.91 Å². The van der Waals surface area contributed by atoms with Gasteiger partial charge in [0.25, 0.3) is 0 Å². The normalized spacial score (nSPS) is 16.1. The molecular weight excluding hydrogens is 288 g/mol. The lowest BCUT2D eigenvalue weighted by molar-refractivity contribution is -0.120. The van der Waals surface area contributed by atoms with E-state index in [1.54, 1.807) is 0 Å². The van der Waals surface area contributed by atoms with Crippen LogP contribution in [0.2, 0.25) is 0 Å². The average Bonchev–Trinajstić information content (AvgIpc) is 2.96. The standard InChI is InChI=1S/C18H26N4O/c1-21(2)10-11-22-13-19-16-9-8-15(12-17(16)22)20-18(23)14-6-4-3-5-7-14/h8-9,12-14H,3-7,10-11H2,1-2H3,(H,20,23). The highest BCUT2D eigenvalue weighted by molar-refractivity contribution is 5.94. The molecule has 1 aliphatic carbocycles. The monoisotopic (exact) mass is 314 g/mol. The zero-order valence-corrected chi connectivity index (χ0v) is 14.1. The number of hydrogen-bond acceptors (Lipinski definition) is 3. The number of rotatable bonds is 5. The first-order chi connectivity index (χ1) is 11.1. The summed E-state index contributed by atoms with van der Waals surface area (Å²) in [5, 5.41) is 3.10. The molecule has 0 bridgehead atoms. The molecule has 1 aromatic carbocycles. The largest absolute Gasteiger partial charge is 0.329 e. The van der Waals surface area contributed by atoms with E-state index in [9.17, 15) is 4.79 Å². The number of nitrogens with one attached hydrogen (secondary N) is 1. The minimum Gasteiger partial charge on any atom is -0.329 e. The summed E-state index contributed by atoms with van der Waals surface area (Å²) in [6.07, 6.45) is 7.54. The molecule has 5 heteroatoms. The van der Waals surface area contributed by atoms with Crippen LogP contribution in [0, 0.1) is 5.92 Å². The van der Waals surface area contributed by atoms with Crippen molar-refractivity contribution < 1.29 is 4.79 Å². The molecule has 0 radical (unpaired) electrons. The number of aromatic nitrogens is 2. The predicted octanol–water partition coefficient (Wildman–Crippen LogP) is 3.12. The molecule has 1 aliphatic rings. The molecule has 0 spiro atoms. The molecule has 23 heavy (non-hydrogen) atoms. The summed E-state index contributed by atoms with van der Waals surface area (Å²) in [6.45, 7) is 1.85. The summed E-state index contributed by atoms with van der Waals surface area (Å²) in [5.74, 6) is 0.349. The van der Waals surface area contributed by atoms with Crippen molar-refractivity contribution in [1.29, 1.82) is 0 Å².